The number of benzene rings is 1. The number of aliphatic hydroxyl groups excluding tert-OH is 1. The molecule has 3 N–H and O–H groups in total. The number of halogens is 1. The zero-order valence-electron chi connectivity index (χ0n) is 9.51. The van der Waals surface area contributed by atoms with Crippen molar-refractivity contribution < 1.29 is 24.5 Å². The molecule has 1 aromatic carbocycles. The van der Waals surface area contributed by atoms with E-state index in [0.29, 0.717) is 4.47 Å². The van der Waals surface area contributed by atoms with Crippen molar-refractivity contribution in [1.29, 1.82) is 0 Å². The van der Waals surface area contributed by atoms with E-state index in [2.05, 4.69) is 26.0 Å². The fourth-order valence-corrected chi connectivity index (χ4v) is 1.46. The molecule has 0 aromatic heterocycles. The summed E-state index contributed by atoms with van der Waals surface area (Å²) in [5, 5.41) is 20.7. The zero-order valence-corrected chi connectivity index (χ0v) is 11.1. The third-order valence-corrected chi connectivity index (χ3v) is 2.85. The van der Waals surface area contributed by atoms with Gasteiger partial charge in [-0.05, 0) is 34.1 Å². The van der Waals surface area contributed by atoms with Gasteiger partial charge in [-0.3, -0.25) is 4.79 Å². The van der Waals surface area contributed by atoms with Crippen LogP contribution in [-0.2, 0) is 9.53 Å². The molecule has 1 amide bonds. The second kappa shape index (κ2) is 6.36. The zero-order chi connectivity index (χ0) is 13.7. The summed E-state index contributed by atoms with van der Waals surface area (Å²) in [5.41, 5.74) is 0.165. The van der Waals surface area contributed by atoms with Gasteiger partial charge in [0, 0.05) is 5.56 Å². The van der Waals surface area contributed by atoms with Crippen molar-refractivity contribution in [3.63, 3.8) is 0 Å². The van der Waals surface area contributed by atoms with Gasteiger partial charge in [-0.25, -0.2) is 4.79 Å². The minimum absolute atomic E-state index is 0.0960. The number of nitrogens with one attached hydrogen (secondary N) is 1. The maximum atomic E-state index is 11.7. The fraction of sp³-hybridized carbons (Fsp3) is 0.273. The SMILES string of the molecule is COC(=O)[C@H](CO)NC(=O)c1ccc(Br)c(O)c1. The molecule has 7 heteroatoms. The summed E-state index contributed by atoms with van der Waals surface area (Å²) in [5.74, 6) is -1.43. The third kappa shape index (κ3) is 3.44. The molecular formula is C11H12BrNO5. The summed E-state index contributed by atoms with van der Waals surface area (Å²) in [6, 6.07) is 3.07. The molecule has 6 nitrogen and oxygen atoms in total. The number of hydrogen-bond acceptors (Lipinski definition) is 5. The molecule has 1 aromatic rings. The molecule has 0 spiro atoms. The monoisotopic (exact) mass is 317 g/mol. The summed E-state index contributed by atoms with van der Waals surface area (Å²) < 4.78 is 4.86. The standard InChI is InChI=1S/C11H12BrNO5/c1-18-11(17)8(5-14)13-10(16)6-2-3-7(12)9(15)4-6/h2-4,8,14-15H,5H2,1H3,(H,13,16)/t8-/m0/s1. The van der Waals surface area contributed by atoms with Crippen molar-refractivity contribution in [3.05, 3.63) is 28.2 Å². The van der Waals surface area contributed by atoms with Crippen LogP contribution in [0.3, 0.4) is 0 Å². The highest BCUT2D eigenvalue weighted by atomic mass is 79.9. The number of hydrogen-bond donors (Lipinski definition) is 3. The number of aliphatic hydroxyl groups is 1. The average Bonchev–Trinajstić information content (AvgIpc) is 2.37. The largest absolute Gasteiger partial charge is 0.507 e. The number of amides is 1. The van der Waals surface area contributed by atoms with E-state index in [1.807, 2.05) is 0 Å². The molecule has 18 heavy (non-hydrogen) atoms. The highest BCUT2D eigenvalue weighted by molar-refractivity contribution is 9.10. The van der Waals surface area contributed by atoms with E-state index in [0.717, 1.165) is 7.11 Å². The lowest BCUT2D eigenvalue weighted by atomic mass is 10.2. The number of methoxy groups -OCH3 is 1. The molecule has 0 aliphatic rings. The summed E-state index contributed by atoms with van der Waals surface area (Å²) in [6.45, 7) is -0.569. The van der Waals surface area contributed by atoms with Gasteiger partial charge in [0.2, 0.25) is 0 Å². The lowest BCUT2D eigenvalue weighted by Gasteiger charge is -2.13. The molecule has 1 atom stereocenters. The second-order valence-corrected chi connectivity index (χ2v) is 4.25. The molecule has 0 bridgehead atoms. The van der Waals surface area contributed by atoms with Crippen LogP contribution in [0.25, 0.3) is 0 Å². The van der Waals surface area contributed by atoms with Crippen LogP contribution in [0.2, 0.25) is 0 Å². The van der Waals surface area contributed by atoms with Gasteiger partial charge >= 0.3 is 5.97 Å². The van der Waals surface area contributed by atoms with Crippen LogP contribution in [0, 0.1) is 0 Å². The van der Waals surface area contributed by atoms with Crippen molar-refractivity contribution in [2.75, 3.05) is 13.7 Å². The number of rotatable bonds is 4. The highest BCUT2D eigenvalue weighted by Crippen LogP contribution is 2.24. The Morgan fingerprint density at radius 2 is 2.17 bits per heavy atom. The van der Waals surface area contributed by atoms with Crippen LogP contribution >= 0.6 is 15.9 Å². The molecule has 0 radical (unpaired) electrons. The first-order chi connectivity index (χ1) is 8.49. The third-order valence-electron chi connectivity index (χ3n) is 2.18. The van der Waals surface area contributed by atoms with Gasteiger partial charge in [-0.2, -0.15) is 0 Å². The van der Waals surface area contributed by atoms with Gasteiger partial charge in [0.15, 0.2) is 6.04 Å². The molecule has 0 fully saturated rings. The Kier molecular flexibility index (Phi) is 5.11. The van der Waals surface area contributed by atoms with Gasteiger partial charge in [0.05, 0.1) is 18.2 Å². The molecular weight excluding hydrogens is 306 g/mol. The van der Waals surface area contributed by atoms with E-state index < -0.39 is 24.5 Å². The van der Waals surface area contributed by atoms with Gasteiger partial charge in [0.1, 0.15) is 5.75 Å². The maximum absolute atomic E-state index is 11.7. The van der Waals surface area contributed by atoms with E-state index in [1.54, 1.807) is 0 Å². The van der Waals surface area contributed by atoms with Gasteiger partial charge in [-0.1, -0.05) is 0 Å². The Labute approximate surface area is 112 Å². The summed E-state index contributed by atoms with van der Waals surface area (Å²) >= 11 is 3.08. The predicted octanol–water partition coefficient (Wildman–Crippen LogP) is 0.418. The molecule has 0 saturated carbocycles. The minimum Gasteiger partial charge on any atom is -0.507 e. The van der Waals surface area contributed by atoms with Crippen molar-refractivity contribution in [3.8, 4) is 5.75 Å². The Morgan fingerprint density at radius 1 is 1.50 bits per heavy atom. The van der Waals surface area contributed by atoms with Gasteiger partial charge < -0.3 is 20.3 Å². The maximum Gasteiger partial charge on any atom is 0.330 e. The average molecular weight is 318 g/mol. The highest BCUT2D eigenvalue weighted by Gasteiger charge is 2.21. The van der Waals surface area contributed by atoms with Crippen molar-refractivity contribution >= 4 is 27.8 Å². The number of carbonyl (C=O) groups excluding carboxylic acids is 2. The number of phenolic OH excluding ortho intramolecular Hbond substituents is 1. The van der Waals surface area contributed by atoms with Crippen molar-refractivity contribution in [2.45, 2.75) is 6.04 Å². The van der Waals surface area contributed by atoms with E-state index in [9.17, 15) is 14.7 Å². The van der Waals surface area contributed by atoms with Crippen LogP contribution in [0.4, 0.5) is 0 Å². The normalized spacial score (nSPS) is 11.7. The molecule has 0 heterocycles. The summed E-state index contributed by atoms with van der Waals surface area (Å²) in [7, 11) is 1.16. The first-order valence-electron chi connectivity index (χ1n) is 4.97. The Morgan fingerprint density at radius 3 is 2.67 bits per heavy atom. The Hall–Kier alpha value is -1.60. The lowest BCUT2D eigenvalue weighted by molar-refractivity contribution is -0.143. The Balaban J connectivity index is 2.81. The molecule has 0 aliphatic carbocycles. The van der Waals surface area contributed by atoms with Crippen LogP contribution in [0.1, 0.15) is 10.4 Å². The number of ether oxygens (including phenoxy) is 1. The predicted molar refractivity (Wildman–Crippen MR) is 66.2 cm³/mol. The lowest BCUT2D eigenvalue weighted by Crippen LogP contribution is -2.44. The number of aromatic hydroxyl groups is 1. The fourth-order valence-electron chi connectivity index (χ4n) is 1.22. The van der Waals surface area contributed by atoms with Gasteiger partial charge in [0.25, 0.3) is 5.91 Å². The van der Waals surface area contributed by atoms with Crippen LogP contribution in [0.15, 0.2) is 22.7 Å². The molecule has 0 unspecified atom stereocenters. The van der Waals surface area contributed by atoms with Gasteiger partial charge in [-0.15, -0.1) is 0 Å². The number of esters is 1. The summed E-state index contributed by atoms with van der Waals surface area (Å²) in [6.07, 6.45) is 0. The molecule has 0 saturated heterocycles. The topological polar surface area (TPSA) is 95.9 Å². The smallest absolute Gasteiger partial charge is 0.330 e. The second-order valence-electron chi connectivity index (χ2n) is 3.40. The quantitative estimate of drug-likeness (QED) is 0.699. The van der Waals surface area contributed by atoms with Crippen LogP contribution in [0.5, 0.6) is 5.75 Å². The van der Waals surface area contributed by atoms with Crippen LogP contribution < -0.4 is 5.32 Å². The molecule has 98 valence electrons. The van der Waals surface area contributed by atoms with Crippen molar-refractivity contribution in [1.82, 2.24) is 5.32 Å². The van der Waals surface area contributed by atoms with E-state index in [1.165, 1.54) is 18.2 Å². The molecule has 0 aliphatic heterocycles. The Bertz CT molecular complexity index is 463. The number of phenols is 1. The van der Waals surface area contributed by atoms with Crippen molar-refractivity contribution in [2.24, 2.45) is 0 Å². The van der Waals surface area contributed by atoms with E-state index in [-0.39, 0.29) is 11.3 Å². The first kappa shape index (κ1) is 14.5. The minimum atomic E-state index is -1.13. The van der Waals surface area contributed by atoms with E-state index in [4.69, 9.17) is 5.11 Å². The van der Waals surface area contributed by atoms with E-state index >= 15 is 0 Å². The number of carbonyl (C=O) groups is 2. The first-order valence-corrected chi connectivity index (χ1v) is 5.77. The van der Waals surface area contributed by atoms with Crippen LogP contribution in [-0.4, -0.2) is 41.8 Å². The molecule has 1 rings (SSSR count). The summed E-state index contributed by atoms with van der Waals surface area (Å²) in [4.78, 5) is 22.9.